The van der Waals surface area contributed by atoms with Gasteiger partial charge in [0.15, 0.2) is 0 Å². The number of rotatable bonds is 4. The third-order valence-corrected chi connectivity index (χ3v) is 5.06. The van der Waals surface area contributed by atoms with Gasteiger partial charge in [-0.15, -0.1) is 0 Å². The second kappa shape index (κ2) is 6.22. The van der Waals surface area contributed by atoms with Crippen molar-refractivity contribution < 1.29 is 4.79 Å². The van der Waals surface area contributed by atoms with Gasteiger partial charge in [0.05, 0.1) is 29.0 Å². The highest BCUT2D eigenvalue weighted by atomic mass is 79.9. The Labute approximate surface area is 153 Å². The van der Waals surface area contributed by atoms with E-state index < -0.39 is 0 Å². The van der Waals surface area contributed by atoms with E-state index in [4.69, 9.17) is 11.6 Å². The Balaban J connectivity index is 1.67. The van der Waals surface area contributed by atoms with Crippen LogP contribution in [0.2, 0.25) is 5.02 Å². The molecule has 1 aliphatic carbocycles. The number of aromatic nitrogens is 2. The first-order valence-corrected chi connectivity index (χ1v) is 8.97. The largest absolute Gasteiger partial charge is 0.330 e. The summed E-state index contributed by atoms with van der Waals surface area (Å²) in [6.07, 6.45) is 5.88. The standard InChI is InChI=1S/C18H15BrClN3O/c19-12-4-7-16(20)15(9-12)18(24)23(13-5-6-13)11-14-10-21-17-3-1-2-8-22(14)17/h1-4,7-10,13H,5-6,11H2. The van der Waals surface area contributed by atoms with E-state index in [1.165, 1.54) is 0 Å². The number of carbonyl (C=O) groups is 1. The third kappa shape index (κ3) is 2.94. The lowest BCUT2D eigenvalue weighted by Crippen LogP contribution is -2.33. The van der Waals surface area contributed by atoms with E-state index in [1.54, 1.807) is 12.1 Å². The van der Waals surface area contributed by atoms with Crippen molar-refractivity contribution in [2.75, 3.05) is 0 Å². The minimum atomic E-state index is -0.0327. The molecule has 1 aliphatic rings. The molecule has 4 nitrogen and oxygen atoms in total. The van der Waals surface area contributed by atoms with E-state index in [9.17, 15) is 4.79 Å². The summed E-state index contributed by atoms with van der Waals surface area (Å²) in [6.45, 7) is 0.525. The van der Waals surface area contributed by atoms with E-state index >= 15 is 0 Å². The van der Waals surface area contributed by atoms with Gasteiger partial charge in [0.2, 0.25) is 0 Å². The topological polar surface area (TPSA) is 37.6 Å². The molecule has 0 bridgehead atoms. The zero-order valence-corrected chi connectivity index (χ0v) is 15.2. The van der Waals surface area contributed by atoms with Crippen molar-refractivity contribution >= 4 is 39.1 Å². The minimum Gasteiger partial charge on any atom is -0.330 e. The van der Waals surface area contributed by atoms with Gasteiger partial charge in [0.25, 0.3) is 5.91 Å². The molecule has 1 aromatic carbocycles. The quantitative estimate of drug-likeness (QED) is 0.639. The normalized spacial score (nSPS) is 14.1. The molecule has 0 unspecified atom stereocenters. The Morgan fingerprint density at radius 1 is 1.33 bits per heavy atom. The first-order chi connectivity index (χ1) is 11.6. The van der Waals surface area contributed by atoms with Crippen molar-refractivity contribution in [2.24, 2.45) is 0 Å². The molecule has 2 heterocycles. The van der Waals surface area contributed by atoms with Crippen molar-refractivity contribution in [1.82, 2.24) is 14.3 Å². The van der Waals surface area contributed by atoms with E-state index in [2.05, 4.69) is 20.9 Å². The molecule has 4 rings (SSSR count). The molecule has 0 saturated heterocycles. The summed E-state index contributed by atoms with van der Waals surface area (Å²) in [7, 11) is 0. The Morgan fingerprint density at radius 2 is 2.17 bits per heavy atom. The highest BCUT2D eigenvalue weighted by molar-refractivity contribution is 9.10. The highest BCUT2D eigenvalue weighted by Crippen LogP contribution is 2.32. The lowest BCUT2D eigenvalue weighted by molar-refractivity contribution is 0.0727. The van der Waals surface area contributed by atoms with Crippen LogP contribution in [0.3, 0.4) is 0 Å². The van der Waals surface area contributed by atoms with E-state index in [1.807, 2.05) is 46.0 Å². The fourth-order valence-electron chi connectivity index (χ4n) is 2.85. The van der Waals surface area contributed by atoms with Crippen LogP contribution in [0, 0.1) is 0 Å². The van der Waals surface area contributed by atoms with Gasteiger partial charge in [0, 0.05) is 16.7 Å². The number of hydrogen-bond acceptors (Lipinski definition) is 2. The lowest BCUT2D eigenvalue weighted by atomic mass is 10.2. The fourth-order valence-corrected chi connectivity index (χ4v) is 3.41. The smallest absolute Gasteiger partial charge is 0.256 e. The number of benzene rings is 1. The number of amides is 1. The molecule has 0 radical (unpaired) electrons. The average Bonchev–Trinajstić information content (AvgIpc) is 3.35. The van der Waals surface area contributed by atoms with Crippen LogP contribution in [0.5, 0.6) is 0 Å². The molecule has 2 aromatic heterocycles. The van der Waals surface area contributed by atoms with Crippen LogP contribution in [-0.2, 0) is 6.54 Å². The van der Waals surface area contributed by atoms with Gasteiger partial charge >= 0.3 is 0 Å². The van der Waals surface area contributed by atoms with Gasteiger partial charge in [-0.2, -0.15) is 0 Å². The number of fused-ring (bicyclic) bond motifs is 1. The maximum absolute atomic E-state index is 13.1. The van der Waals surface area contributed by atoms with Gasteiger partial charge in [-0.1, -0.05) is 33.6 Å². The molecule has 122 valence electrons. The molecule has 0 aliphatic heterocycles. The Hall–Kier alpha value is -1.85. The number of imidazole rings is 1. The Bertz CT molecular complexity index is 920. The van der Waals surface area contributed by atoms with Crippen molar-refractivity contribution in [2.45, 2.75) is 25.4 Å². The molecule has 0 spiro atoms. The second-order valence-corrected chi connectivity index (χ2v) is 7.29. The number of pyridine rings is 1. The first kappa shape index (κ1) is 15.7. The zero-order chi connectivity index (χ0) is 16.7. The molecule has 24 heavy (non-hydrogen) atoms. The van der Waals surface area contributed by atoms with Crippen molar-refractivity contribution in [3.8, 4) is 0 Å². The number of hydrogen-bond donors (Lipinski definition) is 0. The lowest BCUT2D eigenvalue weighted by Gasteiger charge is -2.23. The average molecular weight is 405 g/mol. The van der Waals surface area contributed by atoms with Crippen LogP contribution in [0.4, 0.5) is 0 Å². The van der Waals surface area contributed by atoms with Gasteiger partial charge < -0.3 is 9.30 Å². The maximum Gasteiger partial charge on any atom is 0.256 e. The van der Waals surface area contributed by atoms with Crippen molar-refractivity contribution in [3.05, 3.63) is 69.5 Å². The monoisotopic (exact) mass is 403 g/mol. The zero-order valence-electron chi connectivity index (χ0n) is 12.8. The summed E-state index contributed by atoms with van der Waals surface area (Å²) >= 11 is 9.67. The van der Waals surface area contributed by atoms with Gasteiger partial charge in [-0.25, -0.2) is 4.98 Å². The van der Waals surface area contributed by atoms with Crippen molar-refractivity contribution in [1.29, 1.82) is 0 Å². The SMILES string of the molecule is O=C(c1cc(Br)ccc1Cl)N(Cc1cnc2ccccn12)C1CC1. The van der Waals surface area contributed by atoms with Crippen molar-refractivity contribution in [3.63, 3.8) is 0 Å². The molecule has 6 heteroatoms. The summed E-state index contributed by atoms with van der Waals surface area (Å²) in [5.74, 6) is -0.0327. The van der Waals surface area contributed by atoms with Crippen LogP contribution in [-0.4, -0.2) is 26.2 Å². The summed E-state index contributed by atoms with van der Waals surface area (Å²) in [5.41, 5.74) is 2.42. The molecule has 3 aromatic rings. The number of carbonyl (C=O) groups excluding carboxylic acids is 1. The third-order valence-electron chi connectivity index (χ3n) is 4.23. The Kier molecular flexibility index (Phi) is 4.06. The molecular weight excluding hydrogens is 390 g/mol. The molecule has 1 saturated carbocycles. The summed E-state index contributed by atoms with van der Waals surface area (Å²) in [5, 5.41) is 0.479. The number of halogens is 2. The number of nitrogens with zero attached hydrogens (tertiary/aromatic N) is 3. The molecule has 0 atom stereocenters. The van der Waals surface area contributed by atoms with E-state index in [0.29, 0.717) is 17.1 Å². The molecule has 1 fully saturated rings. The molecule has 0 N–H and O–H groups in total. The highest BCUT2D eigenvalue weighted by Gasteiger charge is 2.34. The van der Waals surface area contributed by atoms with Gasteiger partial charge in [-0.05, 0) is 43.2 Å². The predicted molar refractivity (Wildman–Crippen MR) is 97.2 cm³/mol. The van der Waals surface area contributed by atoms with E-state index in [0.717, 1.165) is 28.7 Å². The summed E-state index contributed by atoms with van der Waals surface area (Å²) in [6, 6.07) is 11.5. The Morgan fingerprint density at radius 3 is 2.96 bits per heavy atom. The fraction of sp³-hybridized carbons (Fsp3) is 0.222. The first-order valence-electron chi connectivity index (χ1n) is 7.80. The summed E-state index contributed by atoms with van der Waals surface area (Å²) in [4.78, 5) is 19.4. The summed E-state index contributed by atoms with van der Waals surface area (Å²) < 4.78 is 2.87. The van der Waals surface area contributed by atoms with Crippen LogP contribution in [0.25, 0.3) is 5.65 Å². The van der Waals surface area contributed by atoms with Crippen LogP contribution < -0.4 is 0 Å². The van der Waals surface area contributed by atoms with Crippen LogP contribution in [0.1, 0.15) is 28.9 Å². The van der Waals surface area contributed by atoms with E-state index in [-0.39, 0.29) is 11.9 Å². The molecule has 1 amide bonds. The maximum atomic E-state index is 13.1. The predicted octanol–water partition coefficient (Wildman–Crippen LogP) is 4.56. The van der Waals surface area contributed by atoms with Gasteiger partial charge in [-0.3, -0.25) is 4.79 Å². The molecular formula is C18H15BrClN3O. The van der Waals surface area contributed by atoms with Gasteiger partial charge in [0.1, 0.15) is 5.65 Å². The second-order valence-electron chi connectivity index (χ2n) is 5.97. The van der Waals surface area contributed by atoms with Crippen LogP contribution >= 0.6 is 27.5 Å². The minimum absolute atomic E-state index is 0.0327. The van der Waals surface area contributed by atoms with Crippen LogP contribution in [0.15, 0.2) is 53.3 Å².